The van der Waals surface area contributed by atoms with E-state index in [1.165, 1.54) is 18.2 Å². The molecule has 0 aliphatic rings. The van der Waals surface area contributed by atoms with Crippen molar-refractivity contribution in [1.82, 2.24) is 5.32 Å². The lowest BCUT2D eigenvalue weighted by molar-refractivity contribution is 0.0953. The first-order valence-corrected chi connectivity index (χ1v) is 9.37. The van der Waals surface area contributed by atoms with Gasteiger partial charge in [-0.05, 0) is 49.2 Å². The zero-order valence-corrected chi connectivity index (χ0v) is 15.0. The fourth-order valence-corrected chi connectivity index (χ4v) is 3.38. The molecule has 0 bridgehead atoms. The molecule has 2 aromatic carbocycles. The first kappa shape index (κ1) is 18.3. The van der Waals surface area contributed by atoms with E-state index in [4.69, 9.17) is 11.6 Å². The Hall–Kier alpha value is -2.05. The number of carbonyl (C=O) groups excluding carboxylic acids is 1. The number of hydrogen-bond acceptors (Lipinski definition) is 3. The predicted octanol–water partition coefficient (Wildman–Crippen LogP) is 3.59. The SMILES string of the molecule is CCCNC(=O)c1cc(S(=O)(=O)Nc2cccc(Cl)c2)ccc1C. The number of anilines is 1. The second-order valence-electron chi connectivity index (χ2n) is 5.35. The maximum Gasteiger partial charge on any atom is 0.261 e. The summed E-state index contributed by atoms with van der Waals surface area (Å²) in [6.07, 6.45) is 0.805. The Morgan fingerprint density at radius 2 is 1.92 bits per heavy atom. The van der Waals surface area contributed by atoms with Gasteiger partial charge in [-0.1, -0.05) is 30.7 Å². The van der Waals surface area contributed by atoms with Gasteiger partial charge in [0.15, 0.2) is 0 Å². The number of carbonyl (C=O) groups is 1. The molecule has 2 N–H and O–H groups in total. The number of aryl methyl sites for hydroxylation is 1. The summed E-state index contributed by atoms with van der Waals surface area (Å²) in [5.41, 5.74) is 1.42. The number of rotatable bonds is 6. The second kappa shape index (κ2) is 7.68. The standard InChI is InChI=1S/C17H19ClN2O3S/c1-3-9-19-17(21)16-11-15(8-7-12(16)2)24(22,23)20-14-6-4-5-13(18)10-14/h4-8,10-11,20H,3,9H2,1-2H3,(H,19,21). The Kier molecular flexibility index (Phi) is 5.85. The summed E-state index contributed by atoms with van der Waals surface area (Å²) >= 11 is 5.87. The van der Waals surface area contributed by atoms with E-state index in [1.807, 2.05) is 6.92 Å². The fourth-order valence-electron chi connectivity index (χ4n) is 2.11. The average molecular weight is 367 g/mol. The molecule has 0 aromatic heterocycles. The number of amides is 1. The van der Waals surface area contributed by atoms with Gasteiger partial charge in [0, 0.05) is 17.1 Å². The number of halogens is 1. The molecule has 2 rings (SSSR count). The predicted molar refractivity (Wildman–Crippen MR) is 96.1 cm³/mol. The van der Waals surface area contributed by atoms with Gasteiger partial charge >= 0.3 is 0 Å². The van der Waals surface area contributed by atoms with Crippen LogP contribution in [0, 0.1) is 6.92 Å². The van der Waals surface area contributed by atoms with Gasteiger partial charge in [0.1, 0.15) is 0 Å². The van der Waals surface area contributed by atoms with Crippen molar-refractivity contribution in [3.63, 3.8) is 0 Å². The van der Waals surface area contributed by atoms with Crippen molar-refractivity contribution in [1.29, 1.82) is 0 Å². The summed E-state index contributed by atoms with van der Waals surface area (Å²) in [7, 11) is -3.81. The van der Waals surface area contributed by atoms with E-state index < -0.39 is 10.0 Å². The molecule has 2 aromatic rings. The van der Waals surface area contributed by atoms with Gasteiger partial charge in [0.05, 0.1) is 10.6 Å². The third kappa shape index (κ3) is 4.49. The van der Waals surface area contributed by atoms with Gasteiger partial charge in [-0.2, -0.15) is 0 Å². The maximum atomic E-state index is 12.5. The summed E-state index contributed by atoms with van der Waals surface area (Å²) in [5, 5.41) is 3.18. The summed E-state index contributed by atoms with van der Waals surface area (Å²) < 4.78 is 27.5. The summed E-state index contributed by atoms with van der Waals surface area (Å²) in [6.45, 7) is 4.25. The molecule has 0 unspecified atom stereocenters. The van der Waals surface area contributed by atoms with Crippen LogP contribution in [-0.2, 0) is 10.0 Å². The first-order valence-electron chi connectivity index (χ1n) is 7.50. The van der Waals surface area contributed by atoms with E-state index in [9.17, 15) is 13.2 Å². The molecule has 0 heterocycles. The lowest BCUT2D eigenvalue weighted by Crippen LogP contribution is -2.25. The van der Waals surface area contributed by atoms with E-state index in [0.29, 0.717) is 28.4 Å². The highest BCUT2D eigenvalue weighted by Crippen LogP contribution is 2.21. The minimum atomic E-state index is -3.81. The van der Waals surface area contributed by atoms with Crippen LogP contribution in [0.15, 0.2) is 47.4 Å². The quantitative estimate of drug-likeness (QED) is 0.820. The van der Waals surface area contributed by atoms with Crippen molar-refractivity contribution in [3.8, 4) is 0 Å². The molecule has 1 amide bonds. The third-order valence-electron chi connectivity index (χ3n) is 3.38. The second-order valence-corrected chi connectivity index (χ2v) is 7.47. The fraction of sp³-hybridized carbons (Fsp3) is 0.235. The van der Waals surface area contributed by atoms with Crippen LogP contribution in [0.1, 0.15) is 29.3 Å². The van der Waals surface area contributed by atoms with Crippen LogP contribution in [0.5, 0.6) is 0 Å². The molecule has 0 radical (unpaired) electrons. The van der Waals surface area contributed by atoms with Crippen molar-refractivity contribution >= 4 is 33.2 Å². The molecule has 0 atom stereocenters. The van der Waals surface area contributed by atoms with Crippen LogP contribution < -0.4 is 10.0 Å². The van der Waals surface area contributed by atoms with Crippen molar-refractivity contribution in [2.45, 2.75) is 25.2 Å². The van der Waals surface area contributed by atoms with Gasteiger partial charge in [-0.3, -0.25) is 9.52 Å². The highest BCUT2D eigenvalue weighted by atomic mass is 35.5. The molecule has 0 aliphatic heterocycles. The average Bonchev–Trinajstić information content (AvgIpc) is 2.52. The van der Waals surface area contributed by atoms with E-state index in [-0.39, 0.29) is 10.8 Å². The third-order valence-corrected chi connectivity index (χ3v) is 4.99. The number of sulfonamides is 1. The highest BCUT2D eigenvalue weighted by molar-refractivity contribution is 7.92. The Morgan fingerprint density at radius 3 is 2.58 bits per heavy atom. The number of benzene rings is 2. The van der Waals surface area contributed by atoms with E-state index in [2.05, 4.69) is 10.0 Å². The largest absolute Gasteiger partial charge is 0.352 e. The zero-order valence-electron chi connectivity index (χ0n) is 13.5. The van der Waals surface area contributed by atoms with Crippen LogP contribution in [0.25, 0.3) is 0 Å². The van der Waals surface area contributed by atoms with Crippen LogP contribution in [0.4, 0.5) is 5.69 Å². The van der Waals surface area contributed by atoms with E-state index in [1.54, 1.807) is 31.2 Å². The molecule has 128 valence electrons. The summed E-state index contributed by atoms with van der Waals surface area (Å²) in [6, 6.07) is 10.9. The van der Waals surface area contributed by atoms with Gasteiger partial charge in [-0.25, -0.2) is 8.42 Å². The minimum absolute atomic E-state index is 0.0229. The van der Waals surface area contributed by atoms with Crippen molar-refractivity contribution in [3.05, 3.63) is 58.6 Å². The van der Waals surface area contributed by atoms with Gasteiger partial charge in [-0.15, -0.1) is 0 Å². The highest BCUT2D eigenvalue weighted by Gasteiger charge is 2.18. The topological polar surface area (TPSA) is 75.3 Å². The smallest absolute Gasteiger partial charge is 0.261 e. The monoisotopic (exact) mass is 366 g/mol. The first-order chi connectivity index (χ1) is 11.3. The van der Waals surface area contributed by atoms with Crippen LogP contribution in [0.3, 0.4) is 0 Å². The Balaban J connectivity index is 2.32. The molecule has 24 heavy (non-hydrogen) atoms. The van der Waals surface area contributed by atoms with Gasteiger partial charge < -0.3 is 5.32 Å². The molecule has 7 heteroatoms. The molecular weight excluding hydrogens is 348 g/mol. The van der Waals surface area contributed by atoms with E-state index >= 15 is 0 Å². The van der Waals surface area contributed by atoms with Crippen LogP contribution >= 0.6 is 11.6 Å². The molecule has 0 spiro atoms. The molecule has 5 nitrogen and oxygen atoms in total. The van der Waals surface area contributed by atoms with Crippen molar-refractivity contribution < 1.29 is 13.2 Å². The lowest BCUT2D eigenvalue weighted by Gasteiger charge is -2.11. The molecular formula is C17H19ClN2O3S. The van der Waals surface area contributed by atoms with Crippen molar-refractivity contribution in [2.24, 2.45) is 0 Å². The van der Waals surface area contributed by atoms with Gasteiger partial charge in [0.25, 0.3) is 15.9 Å². The molecule has 0 saturated carbocycles. The van der Waals surface area contributed by atoms with E-state index in [0.717, 1.165) is 6.42 Å². The van der Waals surface area contributed by atoms with Crippen LogP contribution in [-0.4, -0.2) is 20.9 Å². The normalized spacial score (nSPS) is 11.1. The maximum absolute atomic E-state index is 12.5. The molecule has 0 fully saturated rings. The number of hydrogen-bond donors (Lipinski definition) is 2. The number of nitrogens with one attached hydrogen (secondary N) is 2. The van der Waals surface area contributed by atoms with Gasteiger partial charge in [0.2, 0.25) is 0 Å². The van der Waals surface area contributed by atoms with Crippen molar-refractivity contribution in [2.75, 3.05) is 11.3 Å². The Morgan fingerprint density at radius 1 is 1.17 bits per heavy atom. The Bertz CT molecular complexity index is 851. The molecule has 0 saturated heterocycles. The van der Waals surface area contributed by atoms with Crippen LogP contribution in [0.2, 0.25) is 5.02 Å². The summed E-state index contributed by atoms with van der Waals surface area (Å²) in [5.74, 6) is -0.283. The zero-order chi connectivity index (χ0) is 17.7. The Labute approximate surface area is 147 Å². The minimum Gasteiger partial charge on any atom is -0.352 e. The molecule has 0 aliphatic carbocycles. The summed E-state index contributed by atoms with van der Waals surface area (Å²) in [4.78, 5) is 12.2. The lowest BCUT2D eigenvalue weighted by atomic mass is 10.1.